The average molecular weight is 489 g/mol. The first-order valence-electron chi connectivity index (χ1n) is 7.08. The Hall–Kier alpha value is -1.55. The zero-order chi connectivity index (χ0) is 18.4. The lowest BCUT2D eigenvalue weighted by Crippen LogP contribution is -2.36. The largest absolute Gasteiger partial charge is 0.272 e. The van der Waals surface area contributed by atoms with E-state index in [4.69, 9.17) is 0 Å². The fourth-order valence-corrected chi connectivity index (χ4v) is 3.68. The molecule has 0 radical (unpaired) electrons. The number of amides is 1. The number of rotatable bonds is 6. The molecule has 25 heavy (non-hydrogen) atoms. The monoisotopic (exact) mass is 487 g/mol. The second-order valence-corrected chi connectivity index (χ2v) is 8.94. The smallest absolute Gasteiger partial charge is 0.255 e. The van der Waals surface area contributed by atoms with Crippen molar-refractivity contribution < 1.29 is 13.2 Å². The topological polar surface area (TPSA) is 78.8 Å². The van der Waals surface area contributed by atoms with Gasteiger partial charge in [0, 0.05) is 16.0 Å². The molecular formula is C16H15Br2N3O3S. The third kappa shape index (κ3) is 5.74. The first-order chi connectivity index (χ1) is 11.8. The third-order valence-corrected chi connectivity index (χ3v) is 5.98. The van der Waals surface area contributed by atoms with Crippen LogP contribution in [-0.2, 0) is 14.8 Å². The Kier molecular flexibility index (Phi) is 6.88. The van der Waals surface area contributed by atoms with Crippen LogP contribution in [0.1, 0.15) is 5.56 Å². The van der Waals surface area contributed by atoms with Gasteiger partial charge in [0.2, 0.25) is 10.0 Å². The number of nitrogens with one attached hydrogen (secondary N) is 1. The Morgan fingerprint density at radius 1 is 1.16 bits per heavy atom. The molecule has 0 aliphatic rings. The minimum absolute atomic E-state index is 0.114. The number of sulfonamides is 1. The van der Waals surface area contributed by atoms with E-state index in [1.54, 1.807) is 12.1 Å². The maximum Gasteiger partial charge on any atom is 0.255 e. The normalized spacial score (nSPS) is 11.8. The number of hydrazone groups is 1. The Morgan fingerprint density at radius 3 is 2.48 bits per heavy atom. The molecule has 1 amide bonds. The summed E-state index contributed by atoms with van der Waals surface area (Å²) in [4.78, 5) is 12.0. The molecule has 6 nitrogen and oxygen atoms in total. The lowest BCUT2D eigenvalue weighted by Gasteiger charge is -2.16. The van der Waals surface area contributed by atoms with Crippen LogP contribution >= 0.6 is 31.9 Å². The van der Waals surface area contributed by atoms with Gasteiger partial charge in [0.1, 0.15) is 0 Å². The van der Waals surface area contributed by atoms with E-state index in [-0.39, 0.29) is 11.4 Å². The highest BCUT2D eigenvalue weighted by Gasteiger charge is 2.22. The van der Waals surface area contributed by atoms with Crippen molar-refractivity contribution in [1.82, 2.24) is 9.73 Å². The standard InChI is InChI=1S/C16H15Br2N3O3S/c1-21(25(23,24)15-7-5-13(17)6-8-15)11-16(22)20-19-10-12-3-2-4-14(18)9-12/h2-10H,11H2,1H3,(H,20,22)/b19-10-. The summed E-state index contributed by atoms with van der Waals surface area (Å²) in [5.74, 6) is -0.533. The van der Waals surface area contributed by atoms with Gasteiger partial charge in [-0.3, -0.25) is 4.79 Å². The van der Waals surface area contributed by atoms with Gasteiger partial charge in [0.15, 0.2) is 0 Å². The van der Waals surface area contributed by atoms with Crippen LogP contribution in [0.4, 0.5) is 0 Å². The number of carbonyl (C=O) groups is 1. The van der Waals surface area contributed by atoms with Crippen molar-refractivity contribution >= 4 is 54.0 Å². The number of hydrogen-bond acceptors (Lipinski definition) is 4. The van der Waals surface area contributed by atoms with Crippen LogP contribution in [0.2, 0.25) is 0 Å². The maximum absolute atomic E-state index is 12.4. The molecule has 0 unspecified atom stereocenters. The fourth-order valence-electron chi connectivity index (χ4n) is 1.87. The van der Waals surface area contributed by atoms with Crippen molar-refractivity contribution in [2.24, 2.45) is 5.10 Å². The first-order valence-corrected chi connectivity index (χ1v) is 10.1. The molecule has 0 aliphatic heterocycles. The number of halogens is 2. The van der Waals surface area contributed by atoms with Crippen LogP contribution in [0.15, 0.2) is 67.5 Å². The molecule has 1 N–H and O–H groups in total. The van der Waals surface area contributed by atoms with E-state index < -0.39 is 15.9 Å². The first kappa shape index (κ1) is 19.8. The van der Waals surface area contributed by atoms with Gasteiger partial charge in [-0.15, -0.1) is 0 Å². The van der Waals surface area contributed by atoms with Crippen molar-refractivity contribution in [3.05, 3.63) is 63.0 Å². The molecule has 0 aromatic heterocycles. The van der Waals surface area contributed by atoms with E-state index in [0.717, 1.165) is 18.8 Å². The molecule has 0 atom stereocenters. The van der Waals surface area contributed by atoms with Crippen molar-refractivity contribution in [1.29, 1.82) is 0 Å². The van der Waals surface area contributed by atoms with Crippen LogP contribution in [-0.4, -0.2) is 38.4 Å². The molecule has 2 rings (SSSR count). The van der Waals surface area contributed by atoms with Gasteiger partial charge in [-0.2, -0.15) is 9.41 Å². The van der Waals surface area contributed by atoms with Crippen molar-refractivity contribution in [2.75, 3.05) is 13.6 Å². The van der Waals surface area contributed by atoms with Crippen molar-refractivity contribution in [2.45, 2.75) is 4.90 Å². The summed E-state index contributed by atoms with van der Waals surface area (Å²) in [5, 5.41) is 3.83. The fraction of sp³-hybridized carbons (Fsp3) is 0.125. The number of hydrogen-bond donors (Lipinski definition) is 1. The summed E-state index contributed by atoms with van der Waals surface area (Å²) in [6, 6.07) is 13.6. The minimum atomic E-state index is -3.74. The van der Waals surface area contributed by atoms with Crippen LogP contribution in [0.25, 0.3) is 0 Å². The Bertz CT molecular complexity index is 884. The van der Waals surface area contributed by atoms with E-state index in [0.29, 0.717) is 0 Å². The quantitative estimate of drug-likeness (QED) is 0.501. The van der Waals surface area contributed by atoms with Crippen molar-refractivity contribution in [3.8, 4) is 0 Å². The maximum atomic E-state index is 12.4. The summed E-state index contributed by atoms with van der Waals surface area (Å²) in [7, 11) is -2.40. The van der Waals surface area contributed by atoms with E-state index >= 15 is 0 Å². The van der Waals surface area contributed by atoms with Gasteiger partial charge < -0.3 is 0 Å². The van der Waals surface area contributed by atoms with E-state index in [2.05, 4.69) is 42.4 Å². The molecule has 9 heteroatoms. The van der Waals surface area contributed by atoms with Gasteiger partial charge in [-0.1, -0.05) is 44.0 Å². The van der Waals surface area contributed by atoms with Gasteiger partial charge in [-0.25, -0.2) is 13.8 Å². The zero-order valence-electron chi connectivity index (χ0n) is 13.2. The summed E-state index contributed by atoms with van der Waals surface area (Å²) in [6.07, 6.45) is 1.48. The zero-order valence-corrected chi connectivity index (χ0v) is 17.2. The predicted octanol–water partition coefficient (Wildman–Crippen LogP) is 2.98. The number of carbonyl (C=O) groups excluding carboxylic acids is 1. The predicted molar refractivity (Wildman–Crippen MR) is 104 cm³/mol. The molecule has 0 fully saturated rings. The lowest BCUT2D eigenvalue weighted by molar-refractivity contribution is -0.121. The number of likely N-dealkylation sites (N-methyl/N-ethyl adjacent to an activating group) is 1. The average Bonchev–Trinajstić information content (AvgIpc) is 2.55. The summed E-state index contributed by atoms with van der Waals surface area (Å²) >= 11 is 6.59. The highest BCUT2D eigenvalue weighted by atomic mass is 79.9. The second kappa shape index (κ2) is 8.70. The summed E-state index contributed by atoms with van der Waals surface area (Å²) in [5.41, 5.74) is 3.11. The van der Waals surface area contributed by atoms with Gasteiger partial charge >= 0.3 is 0 Å². The Labute approximate surface area is 163 Å². The van der Waals surface area contributed by atoms with Crippen LogP contribution in [0.5, 0.6) is 0 Å². The van der Waals surface area contributed by atoms with Crippen molar-refractivity contribution in [3.63, 3.8) is 0 Å². The molecule has 0 spiro atoms. The molecule has 0 saturated carbocycles. The minimum Gasteiger partial charge on any atom is -0.272 e. The Morgan fingerprint density at radius 2 is 1.84 bits per heavy atom. The van der Waals surface area contributed by atoms with Crippen LogP contribution in [0, 0.1) is 0 Å². The van der Waals surface area contributed by atoms with Gasteiger partial charge in [-0.05, 0) is 42.0 Å². The van der Waals surface area contributed by atoms with E-state index in [1.165, 1.54) is 25.4 Å². The third-order valence-electron chi connectivity index (χ3n) is 3.14. The Balaban J connectivity index is 1.96. The second-order valence-electron chi connectivity index (χ2n) is 5.06. The summed E-state index contributed by atoms with van der Waals surface area (Å²) < 4.78 is 27.4. The van der Waals surface area contributed by atoms with Gasteiger partial charge in [0.25, 0.3) is 5.91 Å². The molecule has 0 aliphatic carbocycles. The van der Waals surface area contributed by atoms with Crippen LogP contribution < -0.4 is 5.43 Å². The molecule has 0 heterocycles. The lowest BCUT2D eigenvalue weighted by atomic mass is 10.2. The molecule has 132 valence electrons. The van der Waals surface area contributed by atoms with E-state index in [9.17, 15) is 13.2 Å². The highest BCUT2D eigenvalue weighted by molar-refractivity contribution is 9.10. The molecule has 0 saturated heterocycles. The summed E-state index contributed by atoms with van der Waals surface area (Å²) in [6.45, 7) is -0.339. The van der Waals surface area contributed by atoms with E-state index in [1.807, 2.05) is 24.3 Å². The molecule has 2 aromatic carbocycles. The highest BCUT2D eigenvalue weighted by Crippen LogP contribution is 2.17. The SMILES string of the molecule is CN(CC(=O)N/N=C\c1cccc(Br)c1)S(=O)(=O)c1ccc(Br)cc1. The number of nitrogens with zero attached hydrogens (tertiary/aromatic N) is 2. The van der Waals surface area contributed by atoms with Crippen LogP contribution in [0.3, 0.4) is 0 Å². The van der Waals surface area contributed by atoms with Gasteiger partial charge in [0.05, 0.1) is 17.7 Å². The molecule has 2 aromatic rings. The number of benzene rings is 2. The molecular weight excluding hydrogens is 474 g/mol. The molecule has 0 bridgehead atoms.